The number of carboxylic acids is 1. The first-order chi connectivity index (χ1) is 26.2. The Labute approximate surface area is 330 Å². The predicted molar refractivity (Wildman–Crippen MR) is 222 cm³/mol. The molecular formula is C43H82NO9P. The van der Waals surface area contributed by atoms with E-state index in [1.54, 1.807) is 0 Å². The van der Waals surface area contributed by atoms with Gasteiger partial charge in [0.15, 0.2) is 0 Å². The molecule has 0 aromatic heterocycles. The van der Waals surface area contributed by atoms with Gasteiger partial charge in [0.1, 0.15) is 12.1 Å². The number of hydrogen-bond donors (Lipinski definition) is 3. The molecule has 0 aromatic carbocycles. The number of esters is 1. The van der Waals surface area contributed by atoms with E-state index in [0.717, 1.165) is 51.4 Å². The minimum atomic E-state index is -4.61. The highest BCUT2D eigenvalue weighted by Gasteiger charge is 2.27. The van der Waals surface area contributed by atoms with Gasteiger partial charge in [0.05, 0.1) is 19.8 Å². The molecule has 0 heterocycles. The third kappa shape index (κ3) is 38.7. The summed E-state index contributed by atoms with van der Waals surface area (Å²) in [5, 5.41) is 8.89. The molecule has 0 rings (SSSR count). The summed E-state index contributed by atoms with van der Waals surface area (Å²) in [7, 11) is -4.61. The van der Waals surface area contributed by atoms with Crippen LogP contribution in [-0.2, 0) is 32.7 Å². The number of ether oxygens (including phenoxy) is 2. The van der Waals surface area contributed by atoms with Gasteiger partial charge in [0.25, 0.3) is 0 Å². The molecule has 0 saturated heterocycles. The lowest BCUT2D eigenvalue weighted by Crippen LogP contribution is -2.34. The molecule has 11 heteroatoms. The first-order valence-corrected chi connectivity index (χ1v) is 23.4. The summed E-state index contributed by atoms with van der Waals surface area (Å²) >= 11 is 0. The normalized spacial score (nSPS) is 14.1. The summed E-state index contributed by atoms with van der Waals surface area (Å²) in [6.07, 6.45) is 42.2. The number of rotatable bonds is 42. The van der Waals surface area contributed by atoms with Gasteiger partial charge in [-0.1, -0.05) is 173 Å². The van der Waals surface area contributed by atoms with Crippen LogP contribution in [0.3, 0.4) is 0 Å². The second-order valence-electron chi connectivity index (χ2n) is 14.8. The van der Waals surface area contributed by atoms with E-state index in [1.165, 1.54) is 122 Å². The van der Waals surface area contributed by atoms with Crippen molar-refractivity contribution in [2.75, 3.05) is 26.4 Å². The van der Waals surface area contributed by atoms with E-state index >= 15 is 0 Å². The van der Waals surface area contributed by atoms with Crippen LogP contribution in [0.1, 0.15) is 200 Å². The van der Waals surface area contributed by atoms with Gasteiger partial charge < -0.3 is 25.2 Å². The lowest BCUT2D eigenvalue weighted by molar-refractivity contribution is -0.154. The lowest BCUT2D eigenvalue weighted by Gasteiger charge is -2.20. The number of carbonyl (C=O) groups is 2. The van der Waals surface area contributed by atoms with Crippen molar-refractivity contribution in [3.8, 4) is 0 Å². The minimum absolute atomic E-state index is 0.0178. The van der Waals surface area contributed by atoms with Crippen LogP contribution in [0, 0.1) is 0 Å². The maximum atomic E-state index is 12.6. The second kappa shape index (κ2) is 39.7. The van der Waals surface area contributed by atoms with Gasteiger partial charge in [0, 0.05) is 13.0 Å². The van der Waals surface area contributed by atoms with Gasteiger partial charge in [-0.2, -0.15) is 0 Å². The molecule has 4 N–H and O–H groups in total. The number of unbranched alkanes of at least 4 members (excludes halogenated alkanes) is 24. The Morgan fingerprint density at radius 1 is 0.593 bits per heavy atom. The smallest absolute Gasteiger partial charge is 0.472 e. The second-order valence-corrected chi connectivity index (χ2v) is 16.3. The minimum Gasteiger partial charge on any atom is -0.480 e. The Bertz CT molecular complexity index is 961. The zero-order valence-electron chi connectivity index (χ0n) is 34.6. The highest BCUT2D eigenvalue weighted by atomic mass is 31.2. The van der Waals surface area contributed by atoms with Crippen molar-refractivity contribution in [2.24, 2.45) is 5.73 Å². The fraction of sp³-hybridized carbons (Fsp3) is 0.860. The highest BCUT2D eigenvalue weighted by Crippen LogP contribution is 2.43. The molecule has 0 aliphatic heterocycles. The third-order valence-corrected chi connectivity index (χ3v) is 10.4. The molecule has 0 saturated carbocycles. The number of aliphatic carboxylic acids is 1. The molecule has 0 aliphatic carbocycles. The van der Waals surface area contributed by atoms with Crippen LogP contribution in [0.15, 0.2) is 24.3 Å². The van der Waals surface area contributed by atoms with E-state index in [9.17, 15) is 19.0 Å². The van der Waals surface area contributed by atoms with Crippen molar-refractivity contribution in [1.82, 2.24) is 0 Å². The molecule has 0 radical (unpaired) electrons. The summed E-state index contributed by atoms with van der Waals surface area (Å²) in [6, 6.07) is -1.47. The monoisotopic (exact) mass is 788 g/mol. The summed E-state index contributed by atoms with van der Waals surface area (Å²) < 4.78 is 33.3. The molecule has 3 unspecified atom stereocenters. The fourth-order valence-electron chi connectivity index (χ4n) is 6.05. The zero-order chi connectivity index (χ0) is 39.8. The Hall–Kier alpha value is -1.55. The average Bonchev–Trinajstić information content (AvgIpc) is 3.15. The van der Waals surface area contributed by atoms with Gasteiger partial charge in [-0.3, -0.25) is 18.6 Å². The maximum Gasteiger partial charge on any atom is 0.472 e. The van der Waals surface area contributed by atoms with Gasteiger partial charge in [0.2, 0.25) is 0 Å². The van der Waals surface area contributed by atoms with Crippen molar-refractivity contribution in [3.63, 3.8) is 0 Å². The number of carboxylic acid groups (broad SMARTS) is 1. The van der Waals surface area contributed by atoms with Crippen molar-refractivity contribution in [1.29, 1.82) is 0 Å². The summed E-state index contributed by atoms with van der Waals surface area (Å²) in [4.78, 5) is 33.5. The molecule has 54 heavy (non-hydrogen) atoms. The van der Waals surface area contributed by atoms with Crippen LogP contribution in [0.4, 0.5) is 0 Å². The SMILES string of the molecule is CCCCC/C=C\C/C=C\CCCCCCCCCC(=O)OC(COCCCCCCCCCCCCCCCCC)COP(=O)(O)OCC(N)C(=O)O. The molecular weight excluding hydrogens is 705 g/mol. The number of phosphoric ester groups is 1. The van der Waals surface area contributed by atoms with Gasteiger partial charge in [-0.15, -0.1) is 0 Å². The van der Waals surface area contributed by atoms with Crippen LogP contribution < -0.4 is 5.73 Å². The van der Waals surface area contributed by atoms with Gasteiger partial charge in [-0.05, 0) is 44.9 Å². The van der Waals surface area contributed by atoms with E-state index in [4.69, 9.17) is 29.4 Å². The van der Waals surface area contributed by atoms with Crippen LogP contribution in [-0.4, -0.2) is 60.5 Å². The number of carbonyl (C=O) groups excluding carboxylic acids is 1. The standard InChI is InChI=1S/C43H82NO9P/c1-3-5-7-9-11-13-15-17-19-20-21-23-25-27-29-31-33-35-42(45)53-40(38-51-54(48,49)52-39-41(44)43(46)47)37-50-36-34-32-30-28-26-24-22-18-16-14-12-10-8-6-4-2/h11,13,17,19,40-41H,3-10,12,14-16,18,20-39,44H2,1-2H3,(H,46,47)(H,48,49)/b13-11-,19-17-. The van der Waals surface area contributed by atoms with E-state index < -0.39 is 45.1 Å². The van der Waals surface area contributed by atoms with E-state index in [2.05, 4.69) is 38.2 Å². The number of nitrogens with two attached hydrogens (primary N) is 1. The molecule has 3 atom stereocenters. The number of allylic oxidation sites excluding steroid dienone is 4. The quantitative estimate of drug-likeness (QED) is 0.0236. The van der Waals surface area contributed by atoms with Gasteiger partial charge >= 0.3 is 19.8 Å². The van der Waals surface area contributed by atoms with Crippen LogP contribution >= 0.6 is 7.82 Å². The molecule has 10 nitrogen and oxygen atoms in total. The predicted octanol–water partition coefficient (Wildman–Crippen LogP) is 11.9. The fourth-order valence-corrected chi connectivity index (χ4v) is 6.82. The van der Waals surface area contributed by atoms with E-state index in [1.807, 2.05) is 0 Å². The Kier molecular flexibility index (Phi) is 38.5. The van der Waals surface area contributed by atoms with Crippen LogP contribution in [0.2, 0.25) is 0 Å². The maximum absolute atomic E-state index is 12.6. The van der Waals surface area contributed by atoms with Crippen molar-refractivity contribution < 1.29 is 42.7 Å². The Morgan fingerprint density at radius 2 is 1.02 bits per heavy atom. The molecule has 0 amide bonds. The molecule has 0 bridgehead atoms. The van der Waals surface area contributed by atoms with Crippen molar-refractivity contribution >= 4 is 19.8 Å². The van der Waals surface area contributed by atoms with Crippen LogP contribution in [0.25, 0.3) is 0 Å². The molecule has 318 valence electrons. The van der Waals surface area contributed by atoms with Crippen molar-refractivity contribution in [2.45, 2.75) is 212 Å². The first-order valence-electron chi connectivity index (χ1n) is 21.9. The largest absolute Gasteiger partial charge is 0.480 e. The van der Waals surface area contributed by atoms with Gasteiger partial charge in [-0.25, -0.2) is 4.57 Å². The average molecular weight is 788 g/mol. The van der Waals surface area contributed by atoms with E-state index in [0.29, 0.717) is 13.0 Å². The van der Waals surface area contributed by atoms with Crippen molar-refractivity contribution in [3.05, 3.63) is 24.3 Å². The summed E-state index contributed by atoms with van der Waals surface area (Å²) in [5.74, 6) is -1.78. The zero-order valence-corrected chi connectivity index (χ0v) is 35.5. The van der Waals surface area contributed by atoms with Crippen LogP contribution in [0.5, 0.6) is 0 Å². The third-order valence-electron chi connectivity index (χ3n) is 9.48. The highest BCUT2D eigenvalue weighted by molar-refractivity contribution is 7.47. The lowest BCUT2D eigenvalue weighted by atomic mass is 10.0. The molecule has 0 aliphatic rings. The molecule has 0 aromatic rings. The van der Waals surface area contributed by atoms with E-state index in [-0.39, 0.29) is 13.0 Å². The number of phosphoric acid groups is 1. The molecule has 0 spiro atoms. The number of hydrogen-bond acceptors (Lipinski definition) is 8. The first kappa shape index (κ1) is 52.5. The Morgan fingerprint density at radius 3 is 1.54 bits per heavy atom. The topological polar surface area (TPSA) is 155 Å². The summed E-state index contributed by atoms with van der Waals surface area (Å²) in [5.41, 5.74) is 5.35. The Balaban J connectivity index is 4.23. The summed E-state index contributed by atoms with van der Waals surface area (Å²) in [6.45, 7) is 3.87. The molecule has 0 fully saturated rings.